The van der Waals surface area contributed by atoms with Crippen LogP contribution in [0.15, 0.2) is 72.8 Å². The van der Waals surface area contributed by atoms with E-state index < -0.39 is 0 Å². The summed E-state index contributed by atoms with van der Waals surface area (Å²) in [6, 6.07) is 22.7. The van der Waals surface area contributed by atoms with E-state index in [9.17, 15) is 9.18 Å². The van der Waals surface area contributed by atoms with Crippen molar-refractivity contribution in [1.82, 2.24) is 4.90 Å². The van der Waals surface area contributed by atoms with Gasteiger partial charge in [-0.1, -0.05) is 48.0 Å². The molecule has 5 heteroatoms. The van der Waals surface area contributed by atoms with E-state index in [1.54, 1.807) is 11.8 Å². The zero-order valence-corrected chi connectivity index (χ0v) is 19.1. The van der Waals surface area contributed by atoms with Gasteiger partial charge in [-0.05, 0) is 84.9 Å². The van der Waals surface area contributed by atoms with Gasteiger partial charge in [-0.3, -0.25) is 9.69 Å². The number of carbonyl (C=O) groups is 1. The molecular formula is C27H28ClFN2O. The SMILES string of the molecule is CC(=O)N(Cc1ccccc1C1CCN(Cc2ccc(F)cc2)CC1)c1ccc(Cl)cc1. The van der Waals surface area contributed by atoms with Gasteiger partial charge in [0.2, 0.25) is 5.91 Å². The lowest BCUT2D eigenvalue weighted by Gasteiger charge is -2.33. The van der Waals surface area contributed by atoms with E-state index in [4.69, 9.17) is 11.6 Å². The Kier molecular flexibility index (Phi) is 7.23. The largest absolute Gasteiger partial charge is 0.308 e. The van der Waals surface area contributed by atoms with E-state index in [0.717, 1.165) is 43.7 Å². The molecule has 0 unspecified atom stereocenters. The Hall–Kier alpha value is -2.69. The van der Waals surface area contributed by atoms with Gasteiger partial charge in [0.05, 0.1) is 6.54 Å². The van der Waals surface area contributed by atoms with E-state index in [1.165, 1.54) is 23.3 Å². The second kappa shape index (κ2) is 10.3. The summed E-state index contributed by atoms with van der Waals surface area (Å²) >= 11 is 6.03. The second-order valence-corrected chi connectivity index (χ2v) is 8.89. The average Bonchev–Trinajstić information content (AvgIpc) is 2.80. The molecule has 0 aliphatic carbocycles. The van der Waals surface area contributed by atoms with Gasteiger partial charge >= 0.3 is 0 Å². The number of hydrogen-bond acceptors (Lipinski definition) is 2. The summed E-state index contributed by atoms with van der Waals surface area (Å²) in [6.45, 7) is 5.01. The fraction of sp³-hybridized carbons (Fsp3) is 0.296. The molecule has 3 aromatic rings. The minimum Gasteiger partial charge on any atom is -0.308 e. The molecule has 1 amide bonds. The van der Waals surface area contributed by atoms with Crippen LogP contribution in [0.5, 0.6) is 0 Å². The Labute approximate surface area is 194 Å². The molecule has 0 N–H and O–H groups in total. The number of piperidine rings is 1. The van der Waals surface area contributed by atoms with Crippen LogP contribution >= 0.6 is 11.6 Å². The number of nitrogens with zero attached hydrogens (tertiary/aromatic N) is 2. The lowest BCUT2D eigenvalue weighted by Crippen LogP contribution is -2.33. The molecule has 166 valence electrons. The van der Waals surface area contributed by atoms with Crippen LogP contribution in [0.4, 0.5) is 10.1 Å². The third-order valence-corrected chi connectivity index (χ3v) is 6.50. The van der Waals surface area contributed by atoms with E-state index in [-0.39, 0.29) is 11.7 Å². The molecule has 4 rings (SSSR count). The van der Waals surface area contributed by atoms with Crippen molar-refractivity contribution in [2.45, 2.75) is 38.8 Å². The molecular weight excluding hydrogens is 423 g/mol. The van der Waals surface area contributed by atoms with E-state index in [1.807, 2.05) is 42.5 Å². The number of hydrogen-bond donors (Lipinski definition) is 0. The molecule has 0 saturated carbocycles. The van der Waals surface area contributed by atoms with Crippen molar-refractivity contribution in [3.63, 3.8) is 0 Å². The van der Waals surface area contributed by atoms with Gasteiger partial charge in [0.15, 0.2) is 0 Å². The van der Waals surface area contributed by atoms with Gasteiger partial charge in [-0.2, -0.15) is 0 Å². The molecule has 3 aromatic carbocycles. The molecule has 0 bridgehead atoms. The quantitative estimate of drug-likeness (QED) is 0.433. The number of carbonyl (C=O) groups excluding carboxylic acids is 1. The zero-order chi connectivity index (χ0) is 22.5. The highest BCUT2D eigenvalue weighted by Gasteiger charge is 2.24. The molecule has 1 fully saturated rings. The molecule has 1 aliphatic rings. The van der Waals surface area contributed by atoms with Crippen molar-refractivity contribution in [3.05, 3.63) is 100 Å². The summed E-state index contributed by atoms with van der Waals surface area (Å²) in [5.74, 6) is 0.285. The van der Waals surface area contributed by atoms with Crippen LogP contribution in [-0.4, -0.2) is 23.9 Å². The summed E-state index contributed by atoms with van der Waals surface area (Å²) in [5, 5.41) is 0.657. The van der Waals surface area contributed by atoms with Crippen LogP contribution in [0.3, 0.4) is 0 Å². The molecule has 0 radical (unpaired) electrons. The Balaban J connectivity index is 1.44. The van der Waals surface area contributed by atoms with Gasteiger partial charge in [-0.15, -0.1) is 0 Å². The first kappa shape index (κ1) is 22.5. The summed E-state index contributed by atoms with van der Waals surface area (Å²) in [4.78, 5) is 16.7. The summed E-state index contributed by atoms with van der Waals surface area (Å²) in [7, 11) is 0. The van der Waals surface area contributed by atoms with Gasteiger partial charge in [0, 0.05) is 24.2 Å². The number of amides is 1. The lowest BCUT2D eigenvalue weighted by molar-refractivity contribution is -0.116. The van der Waals surface area contributed by atoms with Crippen LogP contribution in [0, 0.1) is 5.82 Å². The van der Waals surface area contributed by atoms with Crippen molar-refractivity contribution in [1.29, 1.82) is 0 Å². The number of likely N-dealkylation sites (tertiary alicyclic amines) is 1. The topological polar surface area (TPSA) is 23.6 Å². The Morgan fingerprint density at radius 3 is 2.31 bits per heavy atom. The molecule has 0 atom stereocenters. The van der Waals surface area contributed by atoms with Gasteiger partial charge < -0.3 is 4.90 Å². The van der Waals surface area contributed by atoms with Crippen molar-refractivity contribution in [3.8, 4) is 0 Å². The summed E-state index contributed by atoms with van der Waals surface area (Å²) in [6.07, 6.45) is 2.14. The van der Waals surface area contributed by atoms with Crippen molar-refractivity contribution in [2.24, 2.45) is 0 Å². The fourth-order valence-electron chi connectivity index (χ4n) is 4.50. The van der Waals surface area contributed by atoms with Gasteiger partial charge in [0.25, 0.3) is 0 Å². The minimum atomic E-state index is -0.192. The molecule has 0 spiro atoms. The van der Waals surface area contributed by atoms with E-state index in [0.29, 0.717) is 17.5 Å². The van der Waals surface area contributed by atoms with Crippen LogP contribution < -0.4 is 4.90 Å². The van der Waals surface area contributed by atoms with E-state index in [2.05, 4.69) is 23.1 Å². The zero-order valence-electron chi connectivity index (χ0n) is 18.3. The Bertz CT molecular complexity index is 1040. The maximum Gasteiger partial charge on any atom is 0.224 e. The number of anilines is 1. The van der Waals surface area contributed by atoms with Crippen LogP contribution in [0.1, 0.15) is 42.4 Å². The third-order valence-electron chi connectivity index (χ3n) is 6.25. The standard InChI is InChI=1S/C27H28ClFN2O/c1-20(32)31(26-12-8-24(28)9-13-26)19-23-4-2-3-5-27(23)22-14-16-30(17-15-22)18-21-6-10-25(29)11-7-21/h2-13,22H,14-19H2,1H3. The summed E-state index contributed by atoms with van der Waals surface area (Å²) in [5.41, 5.74) is 4.51. The highest BCUT2D eigenvalue weighted by Crippen LogP contribution is 2.32. The second-order valence-electron chi connectivity index (χ2n) is 8.46. The van der Waals surface area contributed by atoms with Gasteiger partial charge in [0.1, 0.15) is 5.82 Å². The first-order valence-corrected chi connectivity index (χ1v) is 11.5. The van der Waals surface area contributed by atoms with Crippen LogP contribution in [0.25, 0.3) is 0 Å². The maximum atomic E-state index is 13.2. The molecule has 3 nitrogen and oxygen atoms in total. The number of halogens is 2. The molecule has 1 saturated heterocycles. The summed E-state index contributed by atoms with van der Waals surface area (Å²) < 4.78 is 13.2. The third kappa shape index (κ3) is 5.56. The smallest absolute Gasteiger partial charge is 0.224 e. The molecule has 1 heterocycles. The van der Waals surface area contributed by atoms with Crippen molar-refractivity contribution >= 4 is 23.2 Å². The number of benzene rings is 3. The van der Waals surface area contributed by atoms with Crippen LogP contribution in [0.2, 0.25) is 5.02 Å². The normalized spacial score (nSPS) is 15.0. The van der Waals surface area contributed by atoms with E-state index >= 15 is 0 Å². The molecule has 1 aliphatic heterocycles. The van der Waals surface area contributed by atoms with Crippen LogP contribution in [-0.2, 0) is 17.9 Å². The highest BCUT2D eigenvalue weighted by atomic mass is 35.5. The Morgan fingerprint density at radius 2 is 1.66 bits per heavy atom. The first-order valence-electron chi connectivity index (χ1n) is 11.1. The minimum absolute atomic E-state index is 0.0104. The van der Waals surface area contributed by atoms with Crippen molar-refractivity contribution < 1.29 is 9.18 Å². The number of rotatable bonds is 6. The van der Waals surface area contributed by atoms with Crippen molar-refractivity contribution in [2.75, 3.05) is 18.0 Å². The molecule has 32 heavy (non-hydrogen) atoms. The predicted molar refractivity (Wildman–Crippen MR) is 128 cm³/mol. The predicted octanol–water partition coefficient (Wildman–Crippen LogP) is 6.41. The average molecular weight is 451 g/mol. The lowest BCUT2D eigenvalue weighted by atomic mass is 9.86. The monoisotopic (exact) mass is 450 g/mol. The molecule has 0 aromatic heterocycles. The highest BCUT2D eigenvalue weighted by molar-refractivity contribution is 6.30. The first-order chi connectivity index (χ1) is 15.5. The van der Waals surface area contributed by atoms with Gasteiger partial charge in [-0.25, -0.2) is 4.39 Å². The fourth-order valence-corrected chi connectivity index (χ4v) is 4.63. The maximum absolute atomic E-state index is 13.2. The Morgan fingerprint density at radius 1 is 1.00 bits per heavy atom.